The maximum absolute atomic E-state index is 13.0. The largest absolute Gasteiger partial charge is 0.486 e. The van der Waals surface area contributed by atoms with Crippen LogP contribution < -0.4 is 10.1 Å². The smallest absolute Gasteiger partial charge is 0.416 e. The van der Waals surface area contributed by atoms with Crippen molar-refractivity contribution < 1.29 is 27.1 Å². The van der Waals surface area contributed by atoms with E-state index in [0.29, 0.717) is 34.1 Å². The maximum Gasteiger partial charge on any atom is 0.416 e. The lowest BCUT2D eigenvalue weighted by atomic mass is 10.1. The zero-order chi connectivity index (χ0) is 26.6. The number of benzene rings is 2. The summed E-state index contributed by atoms with van der Waals surface area (Å²) in [6.07, 6.45) is -2.33. The van der Waals surface area contributed by atoms with Crippen LogP contribution in [0.3, 0.4) is 0 Å². The van der Waals surface area contributed by atoms with Gasteiger partial charge in [0.15, 0.2) is 5.76 Å². The highest BCUT2D eigenvalue weighted by molar-refractivity contribution is 6.02. The molecule has 1 amide bonds. The predicted molar refractivity (Wildman–Crippen MR) is 134 cm³/mol. The van der Waals surface area contributed by atoms with Crippen molar-refractivity contribution >= 4 is 11.6 Å². The van der Waals surface area contributed by atoms with Gasteiger partial charge in [-0.1, -0.05) is 37.6 Å². The van der Waals surface area contributed by atoms with E-state index in [-0.39, 0.29) is 18.9 Å². The number of amides is 1. The summed E-state index contributed by atoms with van der Waals surface area (Å²) in [6, 6.07) is 16.2. The molecule has 2 aromatic carbocycles. The summed E-state index contributed by atoms with van der Waals surface area (Å²) in [5.41, 5.74) is 2.62. The lowest BCUT2D eigenvalue weighted by molar-refractivity contribution is -0.137. The molecule has 4 rings (SSSR count). The van der Waals surface area contributed by atoms with Gasteiger partial charge in [-0.2, -0.15) is 18.3 Å². The molecule has 0 aliphatic carbocycles. The highest BCUT2D eigenvalue weighted by atomic mass is 19.4. The Hall–Kier alpha value is -4.01. The molecule has 6 nitrogen and oxygen atoms in total. The predicted octanol–water partition coefficient (Wildman–Crippen LogP) is 6.94. The summed E-state index contributed by atoms with van der Waals surface area (Å²) in [5.74, 6) is 0.861. The van der Waals surface area contributed by atoms with Gasteiger partial charge < -0.3 is 14.5 Å². The molecular weight excluding hydrogens is 483 g/mol. The standard InChI is InChI=1S/C28H28F3N3O3/c1-4-6-20-9-11-23(12-10-20)36-17-24-13-14-25(37-24)27(35)32-26-18(2)33-34(19(26)3)16-21-7-5-8-22(15-21)28(29,30)31/h5,7-15H,4,6,16-17H2,1-3H3,(H,32,35). The van der Waals surface area contributed by atoms with Crippen molar-refractivity contribution in [2.75, 3.05) is 5.32 Å². The van der Waals surface area contributed by atoms with Crippen LogP contribution in [0.15, 0.2) is 65.1 Å². The minimum atomic E-state index is -4.42. The number of nitrogens with zero attached hydrogens (tertiary/aromatic N) is 2. The number of aryl methyl sites for hydroxylation is 2. The first-order valence-electron chi connectivity index (χ1n) is 12.0. The average molecular weight is 512 g/mol. The molecule has 0 spiro atoms. The number of alkyl halides is 3. The zero-order valence-electron chi connectivity index (χ0n) is 20.9. The number of aromatic nitrogens is 2. The van der Waals surface area contributed by atoms with Crippen LogP contribution in [0.25, 0.3) is 0 Å². The van der Waals surface area contributed by atoms with Gasteiger partial charge in [0.05, 0.1) is 29.2 Å². The minimum absolute atomic E-state index is 0.112. The average Bonchev–Trinajstić information content (AvgIpc) is 3.44. The van der Waals surface area contributed by atoms with E-state index in [1.54, 1.807) is 36.7 Å². The van der Waals surface area contributed by atoms with Gasteiger partial charge in [0.2, 0.25) is 0 Å². The normalized spacial score (nSPS) is 11.5. The molecule has 194 valence electrons. The molecule has 0 aliphatic rings. The first kappa shape index (κ1) is 26.1. The molecule has 0 saturated carbocycles. The monoisotopic (exact) mass is 511 g/mol. The number of anilines is 1. The Bertz CT molecular complexity index is 1370. The summed E-state index contributed by atoms with van der Waals surface area (Å²) in [5, 5.41) is 7.21. The Kier molecular flexibility index (Phi) is 7.71. The molecule has 0 unspecified atom stereocenters. The van der Waals surface area contributed by atoms with Crippen LogP contribution >= 0.6 is 0 Å². The van der Waals surface area contributed by atoms with Gasteiger partial charge in [0.1, 0.15) is 18.1 Å². The number of furan rings is 1. The number of halogens is 3. The highest BCUT2D eigenvalue weighted by Gasteiger charge is 2.30. The Morgan fingerprint density at radius 1 is 1.05 bits per heavy atom. The minimum Gasteiger partial charge on any atom is -0.486 e. The molecule has 0 fully saturated rings. The lowest BCUT2D eigenvalue weighted by Crippen LogP contribution is -2.13. The van der Waals surface area contributed by atoms with Crippen LogP contribution in [0.1, 0.15) is 57.7 Å². The summed E-state index contributed by atoms with van der Waals surface area (Å²) in [6.45, 7) is 5.90. The van der Waals surface area contributed by atoms with E-state index in [1.165, 1.54) is 11.6 Å². The fraction of sp³-hybridized carbons (Fsp3) is 0.286. The van der Waals surface area contributed by atoms with Gasteiger partial charge in [0, 0.05) is 0 Å². The van der Waals surface area contributed by atoms with Crippen molar-refractivity contribution in [3.8, 4) is 5.75 Å². The Morgan fingerprint density at radius 3 is 2.51 bits per heavy atom. The molecule has 9 heteroatoms. The molecular formula is C28H28F3N3O3. The molecule has 0 radical (unpaired) electrons. The van der Waals surface area contributed by atoms with Crippen LogP contribution in [-0.4, -0.2) is 15.7 Å². The fourth-order valence-corrected chi connectivity index (χ4v) is 4.00. The Morgan fingerprint density at radius 2 is 1.81 bits per heavy atom. The third-order valence-corrected chi connectivity index (χ3v) is 5.94. The summed E-state index contributed by atoms with van der Waals surface area (Å²) in [7, 11) is 0. The van der Waals surface area contributed by atoms with Gasteiger partial charge in [0.25, 0.3) is 5.91 Å². The SMILES string of the molecule is CCCc1ccc(OCc2ccc(C(=O)Nc3c(C)nn(Cc4cccc(C(F)(F)F)c4)c3C)o2)cc1. The van der Waals surface area contributed by atoms with Crippen LogP contribution in [0.5, 0.6) is 5.75 Å². The molecule has 1 N–H and O–H groups in total. The van der Waals surface area contributed by atoms with E-state index in [2.05, 4.69) is 17.3 Å². The Balaban J connectivity index is 1.39. The Labute approximate surface area is 213 Å². The van der Waals surface area contributed by atoms with Crippen molar-refractivity contribution in [2.45, 2.75) is 52.9 Å². The van der Waals surface area contributed by atoms with Crippen molar-refractivity contribution in [3.63, 3.8) is 0 Å². The second kappa shape index (κ2) is 10.9. The molecule has 4 aromatic rings. The van der Waals surface area contributed by atoms with Crippen LogP contribution in [0, 0.1) is 13.8 Å². The summed E-state index contributed by atoms with van der Waals surface area (Å²) >= 11 is 0. The van der Waals surface area contributed by atoms with E-state index in [9.17, 15) is 18.0 Å². The highest BCUT2D eigenvalue weighted by Crippen LogP contribution is 2.30. The summed E-state index contributed by atoms with van der Waals surface area (Å²) in [4.78, 5) is 12.8. The van der Waals surface area contributed by atoms with Gasteiger partial charge in [-0.15, -0.1) is 0 Å². The topological polar surface area (TPSA) is 69.3 Å². The molecule has 0 aliphatic heterocycles. The first-order chi connectivity index (χ1) is 17.6. The quantitative estimate of drug-likeness (QED) is 0.264. The zero-order valence-corrected chi connectivity index (χ0v) is 20.9. The van der Waals surface area contributed by atoms with Crippen molar-refractivity contribution in [1.29, 1.82) is 0 Å². The summed E-state index contributed by atoms with van der Waals surface area (Å²) < 4.78 is 52.1. The van der Waals surface area contributed by atoms with Gasteiger partial charge in [-0.3, -0.25) is 9.48 Å². The fourth-order valence-electron chi connectivity index (χ4n) is 4.00. The number of rotatable bonds is 9. The van der Waals surface area contributed by atoms with Crippen molar-refractivity contribution in [3.05, 3.63) is 100 Å². The molecule has 0 saturated heterocycles. The third-order valence-electron chi connectivity index (χ3n) is 5.94. The van der Waals surface area contributed by atoms with Crippen LogP contribution in [0.2, 0.25) is 0 Å². The molecule has 0 atom stereocenters. The molecule has 0 bridgehead atoms. The second-order valence-corrected chi connectivity index (χ2v) is 8.80. The first-order valence-corrected chi connectivity index (χ1v) is 12.0. The molecule has 2 heterocycles. The maximum atomic E-state index is 13.0. The third kappa shape index (κ3) is 6.41. The number of ether oxygens (including phenoxy) is 1. The molecule has 37 heavy (non-hydrogen) atoms. The van der Waals surface area contributed by atoms with Gasteiger partial charge in [-0.25, -0.2) is 0 Å². The van der Waals surface area contributed by atoms with E-state index >= 15 is 0 Å². The van der Waals surface area contributed by atoms with Crippen LogP contribution in [-0.2, 0) is 25.7 Å². The number of nitrogens with one attached hydrogen (secondary N) is 1. The van der Waals surface area contributed by atoms with E-state index < -0.39 is 17.6 Å². The number of carbonyl (C=O) groups is 1. The molecule has 2 aromatic heterocycles. The lowest BCUT2D eigenvalue weighted by Gasteiger charge is -2.10. The van der Waals surface area contributed by atoms with Crippen molar-refractivity contribution in [2.24, 2.45) is 0 Å². The number of hydrogen-bond acceptors (Lipinski definition) is 4. The second-order valence-electron chi connectivity index (χ2n) is 8.80. The van der Waals surface area contributed by atoms with Crippen molar-refractivity contribution in [1.82, 2.24) is 9.78 Å². The van der Waals surface area contributed by atoms with Gasteiger partial charge >= 0.3 is 6.18 Å². The van der Waals surface area contributed by atoms with Gasteiger partial charge in [-0.05, 0) is 67.8 Å². The van der Waals surface area contributed by atoms with E-state index in [1.807, 2.05) is 24.3 Å². The van der Waals surface area contributed by atoms with E-state index in [0.717, 1.165) is 25.0 Å². The number of carbonyl (C=O) groups excluding carboxylic acids is 1. The number of hydrogen-bond donors (Lipinski definition) is 1. The van der Waals surface area contributed by atoms with Crippen LogP contribution in [0.4, 0.5) is 18.9 Å². The van der Waals surface area contributed by atoms with E-state index in [4.69, 9.17) is 9.15 Å².